The SMILES string of the molecule is C=CC(=O)OC1=CC=C(CCC2=CC=C(C3=CC=C(OC(=O)C(=C)C)CC3)CC2)CC1. The summed E-state index contributed by atoms with van der Waals surface area (Å²) in [6.07, 6.45) is 21.2. The van der Waals surface area contributed by atoms with Crippen molar-refractivity contribution in [2.45, 2.75) is 58.3 Å². The molecular weight excluding hydrogens is 388 g/mol. The largest absolute Gasteiger partial charge is 0.428 e. The van der Waals surface area contributed by atoms with Gasteiger partial charge in [-0.15, -0.1) is 0 Å². The molecule has 3 rings (SSSR count). The standard InChI is InChI=1S/C27H30O4/c1-4-26(28)30-24-15-9-21(10-16-24)6-5-20-7-11-22(12-8-20)23-13-17-25(18-14-23)31-27(29)19(2)3/h4,7,9,11,13,15,17H,1-2,5-6,8,10,12,14,16,18H2,3H3. The first-order valence-electron chi connectivity index (χ1n) is 10.8. The van der Waals surface area contributed by atoms with Gasteiger partial charge >= 0.3 is 11.9 Å². The fraction of sp³-hybridized carbons (Fsp3) is 0.333. The fourth-order valence-corrected chi connectivity index (χ4v) is 3.78. The minimum absolute atomic E-state index is 0.356. The lowest BCUT2D eigenvalue weighted by Crippen LogP contribution is -2.08. The molecule has 0 N–H and O–H groups in total. The van der Waals surface area contributed by atoms with Gasteiger partial charge in [0.2, 0.25) is 0 Å². The summed E-state index contributed by atoms with van der Waals surface area (Å²) in [5.74, 6) is 0.669. The first kappa shape index (κ1) is 22.5. The average Bonchev–Trinajstić information content (AvgIpc) is 2.79. The summed E-state index contributed by atoms with van der Waals surface area (Å²) in [6.45, 7) is 8.70. The summed E-state index contributed by atoms with van der Waals surface area (Å²) in [7, 11) is 0. The van der Waals surface area contributed by atoms with Gasteiger partial charge in [0, 0.05) is 24.5 Å². The van der Waals surface area contributed by atoms with Gasteiger partial charge in [-0.05, 0) is 68.7 Å². The lowest BCUT2D eigenvalue weighted by Gasteiger charge is -2.21. The second-order valence-electron chi connectivity index (χ2n) is 8.09. The fourth-order valence-electron chi connectivity index (χ4n) is 3.78. The summed E-state index contributed by atoms with van der Waals surface area (Å²) >= 11 is 0. The van der Waals surface area contributed by atoms with Crippen LogP contribution in [0.15, 0.2) is 95.1 Å². The molecule has 0 saturated heterocycles. The molecule has 0 aromatic rings. The monoisotopic (exact) mass is 418 g/mol. The second kappa shape index (κ2) is 10.8. The van der Waals surface area contributed by atoms with Crippen molar-refractivity contribution < 1.29 is 19.1 Å². The Morgan fingerprint density at radius 3 is 1.81 bits per heavy atom. The van der Waals surface area contributed by atoms with Crippen molar-refractivity contribution in [3.8, 4) is 0 Å². The van der Waals surface area contributed by atoms with E-state index in [1.165, 1.54) is 28.4 Å². The van der Waals surface area contributed by atoms with Gasteiger partial charge in [-0.2, -0.15) is 0 Å². The predicted octanol–water partition coefficient (Wildman–Crippen LogP) is 6.47. The van der Waals surface area contributed by atoms with Crippen LogP contribution in [0, 0.1) is 0 Å². The first-order valence-corrected chi connectivity index (χ1v) is 10.8. The van der Waals surface area contributed by atoms with E-state index in [4.69, 9.17) is 9.47 Å². The van der Waals surface area contributed by atoms with Gasteiger partial charge in [-0.3, -0.25) is 0 Å². The molecule has 0 fully saturated rings. The summed E-state index contributed by atoms with van der Waals surface area (Å²) in [5.41, 5.74) is 5.98. The summed E-state index contributed by atoms with van der Waals surface area (Å²) in [6, 6.07) is 0. The molecule has 3 aliphatic rings. The van der Waals surface area contributed by atoms with E-state index in [-0.39, 0.29) is 5.97 Å². The Labute approximate surface area is 184 Å². The second-order valence-corrected chi connectivity index (χ2v) is 8.09. The van der Waals surface area contributed by atoms with Crippen LogP contribution in [-0.4, -0.2) is 11.9 Å². The minimum atomic E-state index is -0.397. The van der Waals surface area contributed by atoms with Crippen LogP contribution in [0.5, 0.6) is 0 Å². The maximum atomic E-state index is 11.6. The van der Waals surface area contributed by atoms with Gasteiger partial charge < -0.3 is 9.47 Å². The van der Waals surface area contributed by atoms with Crippen LogP contribution in [0.25, 0.3) is 0 Å². The molecule has 0 radical (unpaired) electrons. The molecule has 0 aliphatic heterocycles. The van der Waals surface area contributed by atoms with Crippen molar-refractivity contribution in [3.05, 3.63) is 95.1 Å². The summed E-state index contributed by atoms with van der Waals surface area (Å²) in [4.78, 5) is 22.9. The molecule has 4 nitrogen and oxygen atoms in total. The molecule has 4 heteroatoms. The van der Waals surface area contributed by atoms with Crippen LogP contribution in [-0.2, 0) is 19.1 Å². The Balaban J connectivity index is 1.51. The molecule has 31 heavy (non-hydrogen) atoms. The lowest BCUT2D eigenvalue weighted by atomic mass is 9.87. The zero-order valence-electron chi connectivity index (χ0n) is 18.2. The van der Waals surface area contributed by atoms with E-state index in [0.29, 0.717) is 17.1 Å². The van der Waals surface area contributed by atoms with E-state index in [1.54, 1.807) is 6.92 Å². The van der Waals surface area contributed by atoms with Gasteiger partial charge in [0.05, 0.1) is 0 Å². The van der Waals surface area contributed by atoms with E-state index in [2.05, 4.69) is 37.5 Å². The van der Waals surface area contributed by atoms with Crippen LogP contribution in [0.3, 0.4) is 0 Å². The average molecular weight is 419 g/mol. The number of hydrogen-bond donors (Lipinski definition) is 0. The Kier molecular flexibility index (Phi) is 7.82. The molecule has 0 aromatic carbocycles. The third-order valence-electron chi connectivity index (χ3n) is 5.69. The molecule has 162 valence electrons. The number of carbonyl (C=O) groups is 2. The highest BCUT2D eigenvalue weighted by Gasteiger charge is 2.16. The van der Waals surface area contributed by atoms with Crippen LogP contribution in [0.1, 0.15) is 58.3 Å². The van der Waals surface area contributed by atoms with Crippen molar-refractivity contribution in [3.63, 3.8) is 0 Å². The first-order chi connectivity index (χ1) is 14.9. The van der Waals surface area contributed by atoms with Crippen LogP contribution >= 0.6 is 0 Å². The molecule has 0 spiro atoms. The predicted molar refractivity (Wildman–Crippen MR) is 123 cm³/mol. The molecule has 0 amide bonds. The molecule has 0 unspecified atom stereocenters. The number of esters is 2. The highest BCUT2D eigenvalue weighted by atomic mass is 16.5. The topological polar surface area (TPSA) is 52.6 Å². The minimum Gasteiger partial charge on any atom is -0.428 e. The number of ether oxygens (including phenoxy) is 2. The normalized spacial score (nSPS) is 18.4. The van der Waals surface area contributed by atoms with Crippen LogP contribution in [0.2, 0.25) is 0 Å². The van der Waals surface area contributed by atoms with E-state index in [0.717, 1.165) is 51.4 Å². The highest BCUT2D eigenvalue weighted by molar-refractivity contribution is 5.87. The number of rotatable bonds is 8. The molecule has 0 aromatic heterocycles. The summed E-state index contributed by atoms with van der Waals surface area (Å²) < 4.78 is 10.5. The van der Waals surface area contributed by atoms with E-state index < -0.39 is 5.97 Å². The van der Waals surface area contributed by atoms with Gasteiger partial charge in [0.25, 0.3) is 0 Å². The van der Waals surface area contributed by atoms with Gasteiger partial charge in [-0.25, -0.2) is 9.59 Å². The molecular formula is C27H30O4. The lowest BCUT2D eigenvalue weighted by molar-refractivity contribution is -0.135. The highest BCUT2D eigenvalue weighted by Crippen LogP contribution is 2.33. The Morgan fingerprint density at radius 1 is 0.806 bits per heavy atom. The van der Waals surface area contributed by atoms with Crippen molar-refractivity contribution in [1.29, 1.82) is 0 Å². The Bertz CT molecular complexity index is 963. The molecule has 3 aliphatic carbocycles. The number of hydrogen-bond acceptors (Lipinski definition) is 4. The number of carbonyl (C=O) groups excluding carboxylic acids is 2. The Hall–Kier alpha value is -3.14. The van der Waals surface area contributed by atoms with E-state index in [9.17, 15) is 9.59 Å². The Morgan fingerprint density at radius 2 is 1.32 bits per heavy atom. The zero-order valence-corrected chi connectivity index (χ0v) is 18.2. The van der Waals surface area contributed by atoms with Crippen molar-refractivity contribution in [2.24, 2.45) is 0 Å². The quantitative estimate of drug-likeness (QED) is 0.335. The molecule has 0 bridgehead atoms. The molecule has 0 atom stereocenters. The van der Waals surface area contributed by atoms with Gasteiger partial charge in [0.15, 0.2) is 0 Å². The van der Waals surface area contributed by atoms with Crippen LogP contribution in [0.4, 0.5) is 0 Å². The number of allylic oxidation sites excluding steroid dienone is 12. The van der Waals surface area contributed by atoms with Gasteiger partial charge in [-0.1, -0.05) is 48.6 Å². The van der Waals surface area contributed by atoms with Crippen molar-refractivity contribution >= 4 is 11.9 Å². The maximum absolute atomic E-state index is 11.6. The summed E-state index contributed by atoms with van der Waals surface area (Å²) in [5, 5.41) is 0. The smallest absolute Gasteiger partial charge is 0.338 e. The molecule has 0 saturated carbocycles. The van der Waals surface area contributed by atoms with E-state index in [1.807, 2.05) is 12.2 Å². The maximum Gasteiger partial charge on any atom is 0.338 e. The van der Waals surface area contributed by atoms with Crippen molar-refractivity contribution in [1.82, 2.24) is 0 Å². The van der Waals surface area contributed by atoms with Crippen LogP contribution < -0.4 is 0 Å². The zero-order chi connectivity index (χ0) is 22.2. The third-order valence-corrected chi connectivity index (χ3v) is 5.69. The third kappa shape index (κ3) is 6.68. The van der Waals surface area contributed by atoms with E-state index >= 15 is 0 Å². The van der Waals surface area contributed by atoms with Gasteiger partial charge in [0.1, 0.15) is 11.5 Å². The molecule has 0 heterocycles. The van der Waals surface area contributed by atoms with Crippen molar-refractivity contribution in [2.75, 3.05) is 0 Å².